The van der Waals surface area contributed by atoms with Crippen molar-refractivity contribution in [3.63, 3.8) is 0 Å². The number of nitrogens with zero attached hydrogens (tertiary/aromatic N) is 3. The Morgan fingerprint density at radius 1 is 1.00 bits per heavy atom. The molecule has 0 radical (unpaired) electrons. The van der Waals surface area contributed by atoms with Crippen LogP contribution in [-0.2, 0) is 13.5 Å². The number of rotatable bonds is 9. The molecule has 2 N–H and O–H groups in total. The molecule has 152 valence electrons. The van der Waals surface area contributed by atoms with Crippen LogP contribution >= 0.6 is 0 Å². The molecule has 3 rings (SSSR count). The van der Waals surface area contributed by atoms with E-state index in [1.54, 1.807) is 0 Å². The maximum Gasteiger partial charge on any atom is 0.191 e. The van der Waals surface area contributed by atoms with Crippen molar-refractivity contribution < 1.29 is 0 Å². The standard InChI is InChI=1S/C24H31N5/c1-3-25-24(26-16-14-20-18-28-29(2)19-20)27-17-15-23(21-10-6-4-7-11-21)22-12-8-5-9-13-22/h4-13,18-19,23H,3,14-17H2,1-2H3,(H2,25,26,27). The van der Waals surface area contributed by atoms with E-state index < -0.39 is 0 Å². The molecule has 1 aromatic heterocycles. The Labute approximate surface area is 173 Å². The Morgan fingerprint density at radius 3 is 2.21 bits per heavy atom. The Balaban J connectivity index is 1.60. The highest BCUT2D eigenvalue weighted by molar-refractivity contribution is 5.79. The molecule has 1 heterocycles. The van der Waals surface area contributed by atoms with Gasteiger partial charge in [0.15, 0.2) is 5.96 Å². The van der Waals surface area contributed by atoms with Crippen LogP contribution in [0, 0.1) is 0 Å². The summed E-state index contributed by atoms with van der Waals surface area (Å²) in [5, 5.41) is 11.0. The first kappa shape index (κ1) is 20.6. The van der Waals surface area contributed by atoms with E-state index in [9.17, 15) is 0 Å². The molecule has 0 aliphatic heterocycles. The first-order valence-corrected chi connectivity index (χ1v) is 10.4. The van der Waals surface area contributed by atoms with Gasteiger partial charge in [0, 0.05) is 38.8 Å². The van der Waals surface area contributed by atoms with Gasteiger partial charge < -0.3 is 10.6 Å². The molecule has 3 aromatic rings. The molecular formula is C24H31N5. The van der Waals surface area contributed by atoms with Crippen LogP contribution in [0.3, 0.4) is 0 Å². The summed E-state index contributed by atoms with van der Waals surface area (Å²) in [6.07, 6.45) is 5.86. The molecule has 0 bridgehead atoms. The van der Waals surface area contributed by atoms with E-state index in [-0.39, 0.29) is 0 Å². The third-order valence-electron chi connectivity index (χ3n) is 4.90. The molecule has 2 aromatic carbocycles. The quantitative estimate of drug-likeness (QED) is 0.433. The number of aliphatic imine (C=N–C) groups is 1. The summed E-state index contributed by atoms with van der Waals surface area (Å²) >= 11 is 0. The van der Waals surface area contributed by atoms with Crippen LogP contribution in [0.25, 0.3) is 0 Å². The van der Waals surface area contributed by atoms with Gasteiger partial charge in [-0.25, -0.2) is 0 Å². The van der Waals surface area contributed by atoms with E-state index in [1.165, 1.54) is 16.7 Å². The van der Waals surface area contributed by atoms with Crippen LogP contribution in [0.1, 0.15) is 36.0 Å². The van der Waals surface area contributed by atoms with Crippen molar-refractivity contribution in [1.29, 1.82) is 0 Å². The van der Waals surface area contributed by atoms with Gasteiger partial charge >= 0.3 is 0 Å². The summed E-state index contributed by atoms with van der Waals surface area (Å²) < 4.78 is 1.84. The number of benzene rings is 2. The van der Waals surface area contributed by atoms with Crippen molar-refractivity contribution in [2.24, 2.45) is 12.0 Å². The van der Waals surface area contributed by atoms with Gasteiger partial charge in [0.25, 0.3) is 0 Å². The zero-order valence-corrected chi connectivity index (χ0v) is 17.4. The lowest BCUT2D eigenvalue weighted by Gasteiger charge is -2.18. The lowest BCUT2D eigenvalue weighted by Crippen LogP contribution is -2.38. The third-order valence-corrected chi connectivity index (χ3v) is 4.90. The summed E-state index contributed by atoms with van der Waals surface area (Å²) in [5.41, 5.74) is 3.90. The largest absolute Gasteiger partial charge is 0.357 e. The molecule has 29 heavy (non-hydrogen) atoms. The van der Waals surface area contributed by atoms with E-state index in [2.05, 4.69) is 89.5 Å². The van der Waals surface area contributed by atoms with Crippen molar-refractivity contribution in [2.45, 2.75) is 25.7 Å². The molecule has 0 aliphatic rings. The monoisotopic (exact) mass is 389 g/mol. The molecule has 0 aliphatic carbocycles. The van der Waals surface area contributed by atoms with Crippen molar-refractivity contribution in [1.82, 2.24) is 20.4 Å². The highest BCUT2D eigenvalue weighted by atomic mass is 15.2. The smallest absolute Gasteiger partial charge is 0.191 e. The van der Waals surface area contributed by atoms with Gasteiger partial charge in [-0.05, 0) is 36.5 Å². The van der Waals surface area contributed by atoms with Gasteiger partial charge in [-0.2, -0.15) is 5.10 Å². The van der Waals surface area contributed by atoms with E-state index in [0.717, 1.165) is 38.4 Å². The molecule has 5 heteroatoms. The number of nitrogens with one attached hydrogen (secondary N) is 2. The first-order chi connectivity index (χ1) is 14.3. The van der Waals surface area contributed by atoms with E-state index in [1.807, 2.05) is 17.9 Å². The number of aryl methyl sites for hydroxylation is 1. The minimum absolute atomic E-state index is 0.347. The Morgan fingerprint density at radius 2 is 1.66 bits per heavy atom. The topological polar surface area (TPSA) is 54.2 Å². The lowest BCUT2D eigenvalue weighted by molar-refractivity contribution is 0.714. The molecule has 0 saturated heterocycles. The summed E-state index contributed by atoms with van der Waals surface area (Å²) in [6.45, 7) is 4.53. The average Bonchev–Trinajstić information content (AvgIpc) is 3.17. The van der Waals surface area contributed by atoms with E-state index >= 15 is 0 Å². The first-order valence-electron chi connectivity index (χ1n) is 10.4. The molecule has 0 atom stereocenters. The molecular weight excluding hydrogens is 358 g/mol. The van der Waals surface area contributed by atoms with E-state index in [4.69, 9.17) is 4.99 Å². The maximum absolute atomic E-state index is 4.81. The predicted molar refractivity (Wildman–Crippen MR) is 120 cm³/mol. The van der Waals surface area contributed by atoms with Crippen molar-refractivity contribution >= 4 is 5.96 Å². The summed E-state index contributed by atoms with van der Waals surface area (Å²) in [7, 11) is 1.94. The summed E-state index contributed by atoms with van der Waals surface area (Å²) in [4.78, 5) is 4.81. The van der Waals surface area contributed by atoms with Gasteiger partial charge in [0.2, 0.25) is 0 Å². The van der Waals surface area contributed by atoms with E-state index in [0.29, 0.717) is 5.92 Å². The minimum Gasteiger partial charge on any atom is -0.357 e. The average molecular weight is 390 g/mol. The van der Waals surface area contributed by atoms with Crippen molar-refractivity contribution in [3.8, 4) is 0 Å². The van der Waals surface area contributed by atoms with Crippen LogP contribution in [0.5, 0.6) is 0 Å². The highest BCUT2D eigenvalue weighted by Crippen LogP contribution is 2.27. The van der Waals surface area contributed by atoms with Crippen LogP contribution < -0.4 is 10.6 Å². The van der Waals surface area contributed by atoms with Gasteiger partial charge in [-0.1, -0.05) is 60.7 Å². The molecule has 0 spiro atoms. The van der Waals surface area contributed by atoms with Gasteiger partial charge in [0.1, 0.15) is 0 Å². The normalized spacial score (nSPS) is 11.6. The Bertz CT molecular complexity index is 831. The zero-order valence-electron chi connectivity index (χ0n) is 17.4. The SMILES string of the molecule is CCNC(=NCCC(c1ccccc1)c1ccccc1)NCCc1cnn(C)c1. The fraction of sp³-hybridized carbons (Fsp3) is 0.333. The second kappa shape index (κ2) is 11.1. The Kier molecular flexibility index (Phi) is 7.87. The number of hydrogen-bond donors (Lipinski definition) is 2. The fourth-order valence-corrected chi connectivity index (χ4v) is 3.47. The molecule has 0 fully saturated rings. The molecule has 0 amide bonds. The lowest BCUT2D eigenvalue weighted by atomic mass is 9.89. The fourth-order valence-electron chi connectivity index (χ4n) is 3.47. The van der Waals surface area contributed by atoms with Crippen molar-refractivity contribution in [2.75, 3.05) is 19.6 Å². The van der Waals surface area contributed by atoms with Gasteiger partial charge in [-0.15, -0.1) is 0 Å². The van der Waals surface area contributed by atoms with Crippen LogP contribution in [0.15, 0.2) is 78.0 Å². The van der Waals surface area contributed by atoms with Crippen LogP contribution in [0.2, 0.25) is 0 Å². The summed E-state index contributed by atoms with van der Waals surface area (Å²) in [5.74, 6) is 1.22. The molecule has 5 nitrogen and oxygen atoms in total. The Hall–Kier alpha value is -3.08. The second-order valence-corrected chi connectivity index (χ2v) is 7.12. The zero-order chi connectivity index (χ0) is 20.3. The third kappa shape index (κ3) is 6.49. The van der Waals surface area contributed by atoms with Crippen molar-refractivity contribution in [3.05, 3.63) is 89.7 Å². The summed E-state index contributed by atoms with van der Waals surface area (Å²) in [6, 6.07) is 21.4. The number of hydrogen-bond acceptors (Lipinski definition) is 2. The highest BCUT2D eigenvalue weighted by Gasteiger charge is 2.13. The minimum atomic E-state index is 0.347. The van der Waals surface area contributed by atoms with Crippen LogP contribution in [0.4, 0.5) is 0 Å². The van der Waals surface area contributed by atoms with Gasteiger partial charge in [0.05, 0.1) is 6.20 Å². The molecule has 0 unspecified atom stereocenters. The number of guanidine groups is 1. The van der Waals surface area contributed by atoms with Gasteiger partial charge in [-0.3, -0.25) is 9.67 Å². The van der Waals surface area contributed by atoms with Crippen LogP contribution in [-0.4, -0.2) is 35.4 Å². The number of aromatic nitrogens is 2. The predicted octanol–water partition coefficient (Wildman–Crippen LogP) is 3.74. The molecule has 0 saturated carbocycles. The second-order valence-electron chi connectivity index (χ2n) is 7.12. The maximum atomic E-state index is 4.81.